The number of hydrogen-bond donors (Lipinski definition) is 1. The number of rotatable bonds is 3. The van der Waals surface area contributed by atoms with Gasteiger partial charge >= 0.3 is 0 Å². The molecule has 3 heteroatoms. The predicted octanol–water partition coefficient (Wildman–Crippen LogP) is 1.59. The van der Waals surface area contributed by atoms with Crippen LogP contribution in [0.15, 0.2) is 0 Å². The maximum atomic E-state index is 11.3. The molecule has 0 aromatic heterocycles. The lowest BCUT2D eigenvalue weighted by Crippen LogP contribution is -2.41. The summed E-state index contributed by atoms with van der Waals surface area (Å²) < 4.78 is 0. The second kappa shape index (κ2) is 4.46. The van der Waals surface area contributed by atoms with E-state index in [-0.39, 0.29) is 5.41 Å². The molecule has 2 fully saturated rings. The number of β-amino-alcohol motifs (C(OH)–C–C–N with tert-alkyl or cyclic N) is 1. The molecule has 2 aliphatic rings. The van der Waals surface area contributed by atoms with E-state index in [1.807, 2.05) is 6.92 Å². The van der Waals surface area contributed by atoms with E-state index in [9.17, 15) is 9.90 Å². The first kappa shape index (κ1) is 12.1. The van der Waals surface area contributed by atoms with Crippen molar-refractivity contribution in [2.45, 2.75) is 51.0 Å². The van der Waals surface area contributed by atoms with Gasteiger partial charge in [-0.1, -0.05) is 19.3 Å². The zero-order chi connectivity index (χ0) is 11.6. The average molecular weight is 225 g/mol. The summed E-state index contributed by atoms with van der Waals surface area (Å²) in [6.45, 7) is 4.40. The molecule has 1 unspecified atom stereocenters. The number of likely N-dealkylation sites (tertiary alicyclic amines) is 1. The number of aliphatic hydroxyl groups is 1. The van der Waals surface area contributed by atoms with Gasteiger partial charge in [0.25, 0.3) is 0 Å². The molecule has 3 nitrogen and oxygen atoms in total. The summed E-state index contributed by atoms with van der Waals surface area (Å²) in [5.74, 6) is 0. The van der Waals surface area contributed by atoms with Crippen molar-refractivity contribution >= 4 is 6.29 Å². The summed E-state index contributed by atoms with van der Waals surface area (Å²) in [6.07, 6.45) is 7.73. The molecule has 1 aliphatic carbocycles. The lowest BCUT2D eigenvalue weighted by atomic mass is 9.75. The van der Waals surface area contributed by atoms with Crippen molar-refractivity contribution in [3.63, 3.8) is 0 Å². The fraction of sp³-hybridized carbons (Fsp3) is 0.923. The molecule has 0 spiro atoms. The maximum absolute atomic E-state index is 11.3. The van der Waals surface area contributed by atoms with E-state index >= 15 is 0 Å². The molecule has 1 atom stereocenters. The highest BCUT2D eigenvalue weighted by Gasteiger charge is 2.38. The first-order chi connectivity index (χ1) is 7.55. The van der Waals surface area contributed by atoms with Crippen molar-refractivity contribution in [3.05, 3.63) is 0 Å². The van der Waals surface area contributed by atoms with Crippen LogP contribution in [-0.4, -0.2) is 41.5 Å². The molecule has 1 saturated heterocycles. The van der Waals surface area contributed by atoms with Crippen molar-refractivity contribution in [1.29, 1.82) is 0 Å². The molecule has 92 valence electrons. The Morgan fingerprint density at radius 3 is 2.44 bits per heavy atom. The van der Waals surface area contributed by atoms with E-state index in [1.54, 1.807) is 0 Å². The molecule has 0 bridgehead atoms. The maximum Gasteiger partial charge on any atom is 0.127 e. The molecule has 16 heavy (non-hydrogen) atoms. The van der Waals surface area contributed by atoms with Gasteiger partial charge in [0.15, 0.2) is 0 Å². The highest BCUT2D eigenvalue weighted by atomic mass is 16.3. The molecule has 1 heterocycles. The number of hydrogen-bond acceptors (Lipinski definition) is 3. The highest BCUT2D eigenvalue weighted by Crippen LogP contribution is 2.36. The summed E-state index contributed by atoms with van der Waals surface area (Å²) in [4.78, 5) is 13.6. The monoisotopic (exact) mass is 225 g/mol. The third-order valence-electron chi connectivity index (χ3n) is 4.17. The van der Waals surface area contributed by atoms with Gasteiger partial charge in [-0.25, -0.2) is 0 Å². The molecule has 1 aliphatic heterocycles. The van der Waals surface area contributed by atoms with E-state index in [4.69, 9.17) is 0 Å². The molecular weight excluding hydrogens is 202 g/mol. The molecule has 0 aromatic carbocycles. The molecule has 0 aromatic rings. The minimum atomic E-state index is -0.543. The summed E-state index contributed by atoms with van der Waals surface area (Å²) in [5, 5.41) is 9.92. The smallest absolute Gasteiger partial charge is 0.127 e. The highest BCUT2D eigenvalue weighted by molar-refractivity contribution is 5.60. The lowest BCUT2D eigenvalue weighted by molar-refractivity contribution is -0.119. The van der Waals surface area contributed by atoms with E-state index in [0.29, 0.717) is 0 Å². The van der Waals surface area contributed by atoms with Crippen molar-refractivity contribution in [2.24, 2.45) is 5.41 Å². The van der Waals surface area contributed by atoms with Crippen LogP contribution in [0.4, 0.5) is 0 Å². The van der Waals surface area contributed by atoms with Crippen LogP contribution in [0.1, 0.15) is 45.4 Å². The van der Waals surface area contributed by atoms with Gasteiger partial charge < -0.3 is 9.90 Å². The van der Waals surface area contributed by atoms with Gasteiger partial charge in [0.05, 0.1) is 5.60 Å². The third kappa shape index (κ3) is 2.64. The van der Waals surface area contributed by atoms with Gasteiger partial charge in [-0.15, -0.1) is 0 Å². The Hall–Kier alpha value is -0.410. The summed E-state index contributed by atoms with van der Waals surface area (Å²) in [7, 11) is 0. The Morgan fingerprint density at radius 1 is 1.25 bits per heavy atom. The lowest BCUT2D eigenvalue weighted by Gasteiger charge is -2.35. The molecule has 0 radical (unpaired) electrons. The fourth-order valence-corrected chi connectivity index (χ4v) is 3.19. The van der Waals surface area contributed by atoms with Crippen LogP contribution < -0.4 is 0 Å². The number of carbonyl (C=O) groups is 1. The van der Waals surface area contributed by atoms with Gasteiger partial charge in [-0.05, 0) is 26.2 Å². The van der Waals surface area contributed by atoms with E-state index in [1.165, 1.54) is 25.5 Å². The molecule has 0 amide bonds. The standard InChI is InChI=1S/C13H23NO2/c1-12(16)7-8-14(9-12)10-13(11-15)5-3-2-4-6-13/h11,16H,2-10H2,1H3. The zero-order valence-electron chi connectivity index (χ0n) is 10.2. The van der Waals surface area contributed by atoms with Crippen molar-refractivity contribution in [3.8, 4) is 0 Å². The van der Waals surface area contributed by atoms with Gasteiger partial charge in [0, 0.05) is 25.0 Å². The van der Waals surface area contributed by atoms with Gasteiger partial charge in [-0.2, -0.15) is 0 Å². The van der Waals surface area contributed by atoms with E-state index in [0.717, 1.165) is 38.9 Å². The van der Waals surface area contributed by atoms with Crippen LogP contribution in [0.25, 0.3) is 0 Å². The van der Waals surface area contributed by atoms with E-state index < -0.39 is 5.60 Å². The van der Waals surface area contributed by atoms with E-state index in [2.05, 4.69) is 4.90 Å². The zero-order valence-corrected chi connectivity index (χ0v) is 10.2. The largest absolute Gasteiger partial charge is 0.389 e. The molecular formula is C13H23NO2. The second-order valence-electron chi connectivity index (χ2n) is 6.00. The summed E-state index contributed by atoms with van der Waals surface area (Å²) in [6, 6.07) is 0. The first-order valence-electron chi connectivity index (χ1n) is 6.46. The molecule has 1 saturated carbocycles. The summed E-state index contributed by atoms with van der Waals surface area (Å²) >= 11 is 0. The van der Waals surface area contributed by atoms with Crippen molar-refractivity contribution in [1.82, 2.24) is 4.90 Å². The quantitative estimate of drug-likeness (QED) is 0.742. The second-order valence-corrected chi connectivity index (χ2v) is 6.00. The summed E-state index contributed by atoms with van der Waals surface area (Å²) in [5.41, 5.74) is -0.655. The Morgan fingerprint density at radius 2 is 1.94 bits per heavy atom. The third-order valence-corrected chi connectivity index (χ3v) is 4.17. The minimum Gasteiger partial charge on any atom is -0.389 e. The Bertz CT molecular complexity index is 257. The van der Waals surface area contributed by atoms with Crippen LogP contribution in [0.3, 0.4) is 0 Å². The van der Waals surface area contributed by atoms with Crippen LogP contribution in [-0.2, 0) is 4.79 Å². The van der Waals surface area contributed by atoms with Gasteiger partial charge in [-0.3, -0.25) is 4.90 Å². The topological polar surface area (TPSA) is 40.5 Å². The van der Waals surface area contributed by atoms with Crippen LogP contribution in [0.2, 0.25) is 0 Å². The minimum absolute atomic E-state index is 0.112. The SMILES string of the molecule is CC1(O)CCN(CC2(C=O)CCCCC2)C1. The normalized spacial score (nSPS) is 35.1. The number of carbonyl (C=O) groups excluding carboxylic acids is 1. The predicted molar refractivity (Wildman–Crippen MR) is 63.3 cm³/mol. The van der Waals surface area contributed by atoms with Crippen LogP contribution in [0.5, 0.6) is 0 Å². The molecule has 2 rings (SSSR count). The van der Waals surface area contributed by atoms with Gasteiger partial charge in [0.2, 0.25) is 0 Å². The van der Waals surface area contributed by atoms with Crippen molar-refractivity contribution < 1.29 is 9.90 Å². The Balaban J connectivity index is 1.94. The number of nitrogens with zero attached hydrogens (tertiary/aromatic N) is 1. The average Bonchev–Trinajstić information content (AvgIpc) is 2.59. The Kier molecular flexibility index (Phi) is 3.36. The van der Waals surface area contributed by atoms with Crippen LogP contribution >= 0.6 is 0 Å². The van der Waals surface area contributed by atoms with Crippen LogP contribution in [0, 0.1) is 5.41 Å². The fourth-order valence-electron chi connectivity index (χ4n) is 3.19. The molecule has 1 N–H and O–H groups in total. The first-order valence-corrected chi connectivity index (χ1v) is 6.46. The number of aldehydes is 1. The van der Waals surface area contributed by atoms with Gasteiger partial charge in [0.1, 0.15) is 6.29 Å². The van der Waals surface area contributed by atoms with Crippen molar-refractivity contribution in [2.75, 3.05) is 19.6 Å². The Labute approximate surface area is 97.8 Å².